The molecule has 0 aliphatic carbocycles. The quantitative estimate of drug-likeness (QED) is 0.344. The maximum Gasteiger partial charge on any atom is 0.226 e. The van der Waals surface area contributed by atoms with Gasteiger partial charge < -0.3 is 10.6 Å². The average molecular weight is 450 g/mol. The van der Waals surface area contributed by atoms with Crippen LogP contribution < -0.4 is 10.6 Å². The van der Waals surface area contributed by atoms with E-state index in [1.54, 1.807) is 12.1 Å². The predicted molar refractivity (Wildman–Crippen MR) is 128 cm³/mol. The molecule has 0 bridgehead atoms. The van der Waals surface area contributed by atoms with Crippen molar-refractivity contribution in [2.24, 2.45) is 0 Å². The van der Waals surface area contributed by atoms with Gasteiger partial charge in [0.1, 0.15) is 0 Å². The number of amides is 2. The zero-order chi connectivity index (χ0) is 22.9. The molecule has 0 unspecified atom stereocenters. The van der Waals surface area contributed by atoms with Gasteiger partial charge in [0.25, 0.3) is 0 Å². The molecule has 0 aliphatic heterocycles. The summed E-state index contributed by atoms with van der Waals surface area (Å²) in [5.74, 6) is -0.275. The second kappa shape index (κ2) is 11.3. The number of Topliss-reactive ketones (excluding diaryl/α,β-unsaturated/α-hetero) is 1. The molecule has 1 heterocycles. The summed E-state index contributed by atoms with van der Waals surface area (Å²) in [6, 6.07) is 15.5. The van der Waals surface area contributed by atoms with Crippen LogP contribution in [0.3, 0.4) is 0 Å². The second-order valence-corrected chi connectivity index (χ2v) is 8.52. The maximum absolute atomic E-state index is 12.2. The average Bonchev–Trinajstić information content (AvgIpc) is 3.24. The Morgan fingerprint density at radius 2 is 1.69 bits per heavy atom. The molecule has 6 nitrogen and oxygen atoms in total. The molecule has 0 saturated carbocycles. The van der Waals surface area contributed by atoms with Gasteiger partial charge in [-0.2, -0.15) is 0 Å². The Morgan fingerprint density at radius 1 is 0.969 bits per heavy atom. The van der Waals surface area contributed by atoms with Crippen molar-refractivity contribution in [3.05, 3.63) is 70.6 Å². The fourth-order valence-corrected chi connectivity index (χ4v) is 3.89. The molecular formula is C25H27N3O3S. The van der Waals surface area contributed by atoms with E-state index in [-0.39, 0.29) is 30.4 Å². The molecule has 2 amide bonds. The minimum absolute atomic E-state index is 0.00959. The summed E-state index contributed by atoms with van der Waals surface area (Å²) in [4.78, 5) is 39.9. The third-order valence-electron chi connectivity index (χ3n) is 4.97. The van der Waals surface area contributed by atoms with Crippen LogP contribution in [0.5, 0.6) is 0 Å². The van der Waals surface area contributed by atoms with E-state index in [9.17, 15) is 14.4 Å². The number of carbonyl (C=O) groups excluding carboxylic acids is 3. The summed E-state index contributed by atoms with van der Waals surface area (Å²) in [6.07, 6.45) is 2.06. The molecule has 0 atom stereocenters. The monoisotopic (exact) mass is 449 g/mol. The van der Waals surface area contributed by atoms with Crippen molar-refractivity contribution in [1.82, 2.24) is 10.3 Å². The van der Waals surface area contributed by atoms with Gasteiger partial charge in [-0.3, -0.25) is 14.4 Å². The number of ketones is 1. The van der Waals surface area contributed by atoms with Crippen molar-refractivity contribution in [1.29, 1.82) is 0 Å². The molecule has 0 saturated heterocycles. The van der Waals surface area contributed by atoms with Crippen LogP contribution >= 0.6 is 11.3 Å². The molecule has 7 heteroatoms. The van der Waals surface area contributed by atoms with Gasteiger partial charge in [0.2, 0.25) is 11.8 Å². The van der Waals surface area contributed by atoms with Crippen molar-refractivity contribution in [2.45, 2.75) is 39.5 Å². The first-order valence-electron chi connectivity index (χ1n) is 10.6. The van der Waals surface area contributed by atoms with Crippen molar-refractivity contribution in [3.63, 3.8) is 0 Å². The first-order valence-corrected chi connectivity index (χ1v) is 11.5. The van der Waals surface area contributed by atoms with Crippen LogP contribution in [0.2, 0.25) is 0 Å². The highest BCUT2D eigenvalue weighted by molar-refractivity contribution is 7.14. The lowest BCUT2D eigenvalue weighted by atomic mass is 10.1. The molecule has 166 valence electrons. The van der Waals surface area contributed by atoms with E-state index < -0.39 is 0 Å². The number of nitrogens with zero attached hydrogens (tertiary/aromatic N) is 1. The first-order chi connectivity index (χ1) is 15.4. The van der Waals surface area contributed by atoms with Crippen LogP contribution in [0.1, 0.15) is 47.7 Å². The summed E-state index contributed by atoms with van der Waals surface area (Å²) >= 11 is 1.36. The molecule has 1 aromatic heterocycles. The number of hydrogen-bond acceptors (Lipinski definition) is 5. The number of carbonyl (C=O) groups is 3. The summed E-state index contributed by atoms with van der Waals surface area (Å²) < 4.78 is 0. The number of anilines is 1. The van der Waals surface area contributed by atoms with E-state index in [4.69, 9.17) is 0 Å². The molecular weight excluding hydrogens is 422 g/mol. The summed E-state index contributed by atoms with van der Waals surface area (Å²) in [7, 11) is 0. The van der Waals surface area contributed by atoms with Crippen molar-refractivity contribution in [2.75, 3.05) is 11.9 Å². The van der Waals surface area contributed by atoms with E-state index in [1.165, 1.54) is 23.8 Å². The highest BCUT2D eigenvalue weighted by Crippen LogP contribution is 2.25. The minimum Gasteiger partial charge on any atom is -0.356 e. The van der Waals surface area contributed by atoms with E-state index in [2.05, 4.69) is 27.8 Å². The summed E-state index contributed by atoms with van der Waals surface area (Å²) in [6.45, 7) is 4.15. The van der Waals surface area contributed by atoms with Crippen LogP contribution in [0.25, 0.3) is 11.3 Å². The Bertz CT molecular complexity index is 1070. The van der Waals surface area contributed by atoms with Gasteiger partial charge in [-0.05, 0) is 25.3 Å². The first kappa shape index (κ1) is 23.3. The predicted octanol–water partition coefficient (Wildman–Crippen LogP) is 4.79. The highest BCUT2D eigenvalue weighted by atomic mass is 32.1. The normalized spacial score (nSPS) is 10.6. The van der Waals surface area contributed by atoms with E-state index in [0.29, 0.717) is 17.2 Å². The minimum atomic E-state index is -0.221. The van der Waals surface area contributed by atoms with Gasteiger partial charge in [0.15, 0.2) is 10.9 Å². The molecule has 3 rings (SSSR count). The fourth-order valence-electron chi connectivity index (χ4n) is 3.16. The lowest BCUT2D eigenvalue weighted by Crippen LogP contribution is -2.21. The zero-order valence-corrected chi connectivity index (χ0v) is 19.1. The number of hydrogen-bond donors (Lipinski definition) is 2. The third-order valence-corrected chi connectivity index (χ3v) is 5.73. The SMILES string of the molecule is CC(=O)NCCCc1ccc(-c2csc(NC(=O)CCC(=O)c3ccc(C)cc3)n2)cc1. The zero-order valence-electron chi connectivity index (χ0n) is 18.3. The Balaban J connectivity index is 1.47. The Kier molecular flexibility index (Phi) is 8.27. The van der Waals surface area contributed by atoms with Gasteiger partial charge in [-0.1, -0.05) is 54.1 Å². The number of nitrogens with one attached hydrogen (secondary N) is 2. The van der Waals surface area contributed by atoms with Crippen LogP contribution in [-0.2, 0) is 16.0 Å². The number of thiazole rings is 1. The Hall–Kier alpha value is -3.32. The number of benzene rings is 2. The molecule has 2 N–H and O–H groups in total. The van der Waals surface area contributed by atoms with Gasteiger partial charge >= 0.3 is 0 Å². The maximum atomic E-state index is 12.2. The topological polar surface area (TPSA) is 88.2 Å². The van der Waals surface area contributed by atoms with Crippen LogP contribution in [-0.4, -0.2) is 29.1 Å². The van der Waals surface area contributed by atoms with Gasteiger partial charge in [0.05, 0.1) is 5.69 Å². The van der Waals surface area contributed by atoms with Crippen molar-refractivity contribution < 1.29 is 14.4 Å². The molecule has 0 aliphatic rings. The largest absolute Gasteiger partial charge is 0.356 e. The lowest BCUT2D eigenvalue weighted by molar-refractivity contribution is -0.119. The molecule has 0 fully saturated rings. The Labute approximate surface area is 192 Å². The third kappa shape index (κ3) is 7.13. The molecule has 0 spiro atoms. The number of rotatable bonds is 10. The lowest BCUT2D eigenvalue weighted by Gasteiger charge is -2.04. The molecule has 0 radical (unpaired) electrons. The standard InChI is InChI=1S/C25H27N3O3S/c1-17-5-9-21(10-6-17)23(30)13-14-24(31)28-25-27-22(16-32-25)20-11-7-19(8-12-20)4-3-15-26-18(2)29/h5-12,16H,3-4,13-15H2,1-2H3,(H,26,29)(H,27,28,31). The number of aromatic nitrogens is 1. The molecule has 3 aromatic rings. The second-order valence-electron chi connectivity index (χ2n) is 7.66. The summed E-state index contributed by atoms with van der Waals surface area (Å²) in [5.41, 5.74) is 4.68. The molecule has 32 heavy (non-hydrogen) atoms. The van der Waals surface area contributed by atoms with Gasteiger partial charge in [-0.15, -0.1) is 11.3 Å². The van der Waals surface area contributed by atoms with Crippen LogP contribution in [0.15, 0.2) is 53.9 Å². The molecule has 2 aromatic carbocycles. The van der Waals surface area contributed by atoms with Gasteiger partial charge in [0, 0.05) is 42.8 Å². The highest BCUT2D eigenvalue weighted by Gasteiger charge is 2.12. The fraction of sp³-hybridized carbons (Fsp3) is 0.280. The van der Waals surface area contributed by atoms with E-state index >= 15 is 0 Å². The van der Waals surface area contributed by atoms with E-state index in [0.717, 1.165) is 29.7 Å². The Morgan fingerprint density at radius 3 is 2.38 bits per heavy atom. The number of aryl methyl sites for hydroxylation is 2. The van der Waals surface area contributed by atoms with Crippen LogP contribution in [0.4, 0.5) is 5.13 Å². The van der Waals surface area contributed by atoms with Crippen molar-refractivity contribution in [3.8, 4) is 11.3 Å². The van der Waals surface area contributed by atoms with Gasteiger partial charge in [-0.25, -0.2) is 4.98 Å². The van der Waals surface area contributed by atoms with Crippen molar-refractivity contribution >= 4 is 34.1 Å². The van der Waals surface area contributed by atoms with E-state index in [1.807, 2.05) is 36.6 Å². The summed E-state index contributed by atoms with van der Waals surface area (Å²) in [5, 5.41) is 8.00. The smallest absolute Gasteiger partial charge is 0.226 e. The van der Waals surface area contributed by atoms with Crippen LogP contribution in [0, 0.1) is 6.92 Å².